The molecule has 1 N–H and O–H groups in total. The minimum atomic E-state index is -0.760. The van der Waals surface area contributed by atoms with Gasteiger partial charge in [-0.05, 0) is 55.4 Å². The molecule has 0 aliphatic heterocycles. The van der Waals surface area contributed by atoms with Crippen molar-refractivity contribution in [3.05, 3.63) is 34.4 Å². The van der Waals surface area contributed by atoms with Gasteiger partial charge < -0.3 is 5.11 Å². The van der Waals surface area contributed by atoms with Gasteiger partial charge in [0.2, 0.25) is 0 Å². The minimum Gasteiger partial charge on any atom is -0.480 e. The number of thioether (sulfide) groups is 1. The number of aliphatic carboxylic acids is 1. The molecule has 20 heavy (non-hydrogen) atoms. The first-order chi connectivity index (χ1) is 8.95. The van der Waals surface area contributed by atoms with E-state index in [0.717, 1.165) is 5.75 Å². The van der Waals surface area contributed by atoms with Crippen molar-refractivity contribution in [2.45, 2.75) is 64.4 Å². The summed E-state index contributed by atoms with van der Waals surface area (Å²) in [6.07, 6.45) is 0. The highest BCUT2D eigenvalue weighted by Crippen LogP contribution is 2.33. The zero-order chi connectivity index (χ0) is 15.7. The van der Waals surface area contributed by atoms with Gasteiger partial charge >= 0.3 is 5.97 Å². The summed E-state index contributed by atoms with van der Waals surface area (Å²) in [5.41, 5.74) is 5.24. The molecule has 0 aliphatic carbocycles. The van der Waals surface area contributed by atoms with Crippen molar-refractivity contribution < 1.29 is 9.90 Å². The molecule has 0 amide bonds. The highest BCUT2D eigenvalue weighted by molar-refractivity contribution is 8.00. The monoisotopic (exact) mass is 294 g/mol. The number of carboxylic acid groups (broad SMARTS) is 1. The number of aryl methyl sites for hydroxylation is 2. The molecule has 1 rings (SSSR count). The Bertz CT molecular complexity index is 487. The molecule has 0 bridgehead atoms. The summed E-state index contributed by atoms with van der Waals surface area (Å²) in [5, 5.41) is 9.19. The van der Waals surface area contributed by atoms with E-state index in [1.54, 1.807) is 13.8 Å². The van der Waals surface area contributed by atoms with Crippen LogP contribution in [-0.4, -0.2) is 15.8 Å². The second-order valence-corrected chi connectivity index (χ2v) is 8.54. The number of rotatable bonds is 4. The van der Waals surface area contributed by atoms with Gasteiger partial charge in [-0.1, -0.05) is 32.9 Å². The molecule has 0 spiro atoms. The van der Waals surface area contributed by atoms with E-state index in [-0.39, 0.29) is 5.41 Å². The van der Waals surface area contributed by atoms with Gasteiger partial charge in [0.15, 0.2) is 0 Å². The average Bonchev–Trinajstić information content (AvgIpc) is 2.25. The smallest absolute Gasteiger partial charge is 0.319 e. The van der Waals surface area contributed by atoms with E-state index in [1.807, 2.05) is 0 Å². The molecular formula is C17H26O2S. The number of carboxylic acids is 1. The van der Waals surface area contributed by atoms with Gasteiger partial charge in [-0.2, -0.15) is 0 Å². The van der Waals surface area contributed by atoms with Crippen molar-refractivity contribution in [1.82, 2.24) is 0 Å². The average molecular weight is 294 g/mol. The van der Waals surface area contributed by atoms with E-state index in [9.17, 15) is 9.90 Å². The predicted molar refractivity (Wildman–Crippen MR) is 87.6 cm³/mol. The molecule has 2 nitrogen and oxygen atoms in total. The van der Waals surface area contributed by atoms with E-state index in [1.165, 1.54) is 34.0 Å². The Labute approximate surface area is 127 Å². The first-order valence-corrected chi connectivity index (χ1v) is 7.91. The summed E-state index contributed by atoms with van der Waals surface area (Å²) in [6.45, 7) is 14.4. The van der Waals surface area contributed by atoms with Crippen molar-refractivity contribution >= 4 is 17.7 Å². The molecule has 112 valence electrons. The van der Waals surface area contributed by atoms with Crippen LogP contribution in [0.25, 0.3) is 0 Å². The third kappa shape index (κ3) is 4.02. The quantitative estimate of drug-likeness (QED) is 0.874. The van der Waals surface area contributed by atoms with Gasteiger partial charge in [-0.3, -0.25) is 4.79 Å². The molecule has 0 saturated heterocycles. The van der Waals surface area contributed by atoms with E-state index in [4.69, 9.17) is 0 Å². The summed E-state index contributed by atoms with van der Waals surface area (Å²) in [7, 11) is 0. The largest absolute Gasteiger partial charge is 0.480 e. The summed E-state index contributed by atoms with van der Waals surface area (Å²) in [5.74, 6) is -0.0226. The maximum atomic E-state index is 11.2. The fourth-order valence-corrected chi connectivity index (χ4v) is 3.05. The van der Waals surface area contributed by atoms with E-state index in [0.29, 0.717) is 0 Å². The maximum Gasteiger partial charge on any atom is 0.319 e. The molecule has 0 radical (unpaired) electrons. The third-order valence-corrected chi connectivity index (χ3v) is 4.98. The van der Waals surface area contributed by atoms with E-state index >= 15 is 0 Å². The van der Waals surface area contributed by atoms with Crippen molar-refractivity contribution in [3.8, 4) is 0 Å². The van der Waals surface area contributed by atoms with Gasteiger partial charge in [0, 0.05) is 5.75 Å². The van der Waals surface area contributed by atoms with Gasteiger partial charge in [-0.15, -0.1) is 11.8 Å². The van der Waals surface area contributed by atoms with Crippen LogP contribution in [0.4, 0.5) is 0 Å². The van der Waals surface area contributed by atoms with Crippen molar-refractivity contribution in [2.24, 2.45) is 0 Å². The zero-order valence-electron chi connectivity index (χ0n) is 13.6. The van der Waals surface area contributed by atoms with E-state index in [2.05, 4.69) is 46.8 Å². The lowest BCUT2D eigenvalue weighted by molar-refractivity contribution is -0.138. The number of hydrogen-bond acceptors (Lipinski definition) is 2. The first-order valence-electron chi connectivity index (χ1n) is 6.93. The lowest BCUT2D eigenvalue weighted by Crippen LogP contribution is -2.27. The van der Waals surface area contributed by atoms with Crippen LogP contribution >= 0.6 is 11.8 Å². The van der Waals surface area contributed by atoms with Crippen LogP contribution in [-0.2, 0) is 16.0 Å². The normalized spacial score (nSPS) is 12.6. The molecule has 0 saturated carbocycles. The SMILES string of the molecule is Cc1cc(C(C)(C)C)cc(C)c1CSC(C)(C)C(=O)O. The van der Waals surface area contributed by atoms with Crippen LogP contribution in [0.1, 0.15) is 56.9 Å². The first kappa shape index (κ1) is 17.1. The number of benzene rings is 1. The van der Waals surface area contributed by atoms with Crippen LogP contribution in [0, 0.1) is 13.8 Å². The summed E-state index contributed by atoms with van der Waals surface area (Å²) in [6, 6.07) is 4.47. The molecule has 3 heteroatoms. The lowest BCUT2D eigenvalue weighted by Gasteiger charge is -2.24. The third-order valence-electron chi connectivity index (χ3n) is 3.65. The van der Waals surface area contributed by atoms with Gasteiger partial charge in [0.25, 0.3) is 0 Å². The van der Waals surface area contributed by atoms with Crippen LogP contribution < -0.4 is 0 Å². The van der Waals surface area contributed by atoms with Crippen LogP contribution in [0.15, 0.2) is 12.1 Å². The standard InChI is InChI=1S/C17H26O2S/c1-11-8-13(16(3,4)5)9-12(2)14(11)10-20-17(6,7)15(18)19/h8-9H,10H2,1-7H3,(H,18,19). The molecule has 0 heterocycles. The van der Waals surface area contributed by atoms with Crippen molar-refractivity contribution in [1.29, 1.82) is 0 Å². The molecule has 0 unspecified atom stereocenters. The lowest BCUT2D eigenvalue weighted by atomic mass is 9.84. The Morgan fingerprint density at radius 1 is 1.10 bits per heavy atom. The summed E-state index contributed by atoms with van der Waals surface area (Å²) < 4.78 is -0.748. The van der Waals surface area contributed by atoms with Crippen molar-refractivity contribution in [3.63, 3.8) is 0 Å². The topological polar surface area (TPSA) is 37.3 Å². The Kier molecular flexibility index (Phi) is 4.96. The Balaban J connectivity index is 3.02. The summed E-state index contributed by atoms with van der Waals surface area (Å²) in [4.78, 5) is 11.2. The van der Waals surface area contributed by atoms with Crippen LogP contribution in [0.3, 0.4) is 0 Å². The van der Waals surface area contributed by atoms with E-state index < -0.39 is 10.7 Å². The molecule has 0 fully saturated rings. The molecule has 0 aliphatic rings. The van der Waals surface area contributed by atoms with Crippen LogP contribution in [0.2, 0.25) is 0 Å². The van der Waals surface area contributed by atoms with Gasteiger partial charge in [0.05, 0.1) is 0 Å². The Hall–Kier alpha value is -0.960. The molecule has 1 aromatic rings. The van der Waals surface area contributed by atoms with Crippen LogP contribution in [0.5, 0.6) is 0 Å². The Morgan fingerprint density at radius 2 is 1.55 bits per heavy atom. The van der Waals surface area contributed by atoms with Crippen molar-refractivity contribution in [2.75, 3.05) is 0 Å². The minimum absolute atomic E-state index is 0.140. The predicted octanol–water partition coefficient (Wildman–Crippen LogP) is 4.70. The second kappa shape index (κ2) is 5.80. The fourth-order valence-electron chi connectivity index (χ4n) is 1.97. The molecule has 0 aromatic heterocycles. The fraction of sp³-hybridized carbons (Fsp3) is 0.588. The maximum absolute atomic E-state index is 11.2. The molecule has 0 atom stereocenters. The highest BCUT2D eigenvalue weighted by Gasteiger charge is 2.28. The Morgan fingerprint density at radius 3 is 1.90 bits per heavy atom. The second-order valence-electron chi connectivity index (χ2n) is 6.94. The molecular weight excluding hydrogens is 268 g/mol. The molecule has 1 aromatic carbocycles. The number of carbonyl (C=O) groups is 1. The summed E-state index contributed by atoms with van der Waals surface area (Å²) >= 11 is 1.48. The number of hydrogen-bond donors (Lipinski definition) is 1. The zero-order valence-corrected chi connectivity index (χ0v) is 14.4. The van der Waals surface area contributed by atoms with Gasteiger partial charge in [-0.25, -0.2) is 0 Å². The highest BCUT2D eigenvalue weighted by atomic mass is 32.2. The van der Waals surface area contributed by atoms with Gasteiger partial charge in [0.1, 0.15) is 4.75 Å².